The Hall–Kier alpha value is -3.53. The first-order chi connectivity index (χ1) is 16.4. The SMILES string of the molecule is CC(C)N(c1ccc(C(F)(F)F)cc1OCc1cccc(CC(=O)O)c1)S(=O)(=O)c1ccccc1. The molecule has 3 aromatic carbocycles. The van der Waals surface area contributed by atoms with Gasteiger partial charge in [0.1, 0.15) is 12.4 Å². The minimum Gasteiger partial charge on any atom is -0.487 e. The van der Waals surface area contributed by atoms with Gasteiger partial charge >= 0.3 is 12.1 Å². The van der Waals surface area contributed by atoms with Gasteiger partial charge in [0.2, 0.25) is 0 Å². The zero-order valence-corrected chi connectivity index (χ0v) is 19.8. The molecule has 0 aliphatic heterocycles. The van der Waals surface area contributed by atoms with E-state index in [1.807, 2.05) is 0 Å². The molecule has 35 heavy (non-hydrogen) atoms. The first-order valence-electron chi connectivity index (χ1n) is 10.6. The predicted molar refractivity (Wildman–Crippen MR) is 125 cm³/mol. The second-order valence-corrected chi connectivity index (χ2v) is 9.88. The number of aliphatic carboxylic acids is 1. The van der Waals surface area contributed by atoms with Crippen molar-refractivity contribution in [2.24, 2.45) is 0 Å². The highest BCUT2D eigenvalue weighted by Gasteiger charge is 2.34. The molecule has 0 fully saturated rings. The predicted octanol–water partition coefficient (Wildman–Crippen LogP) is 5.52. The number of sulfonamides is 1. The molecule has 0 atom stereocenters. The zero-order chi connectivity index (χ0) is 25.8. The summed E-state index contributed by atoms with van der Waals surface area (Å²) in [5, 5.41) is 8.99. The molecular weight excluding hydrogens is 483 g/mol. The summed E-state index contributed by atoms with van der Waals surface area (Å²) in [5.74, 6) is -1.29. The van der Waals surface area contributed by atoms with Crippen LogP contribution < -0.4 is 9.04 Å². The van der Waals surface area contributed by atoms with Gasteiger partial charge in [-0.15, -0.1) is 0 Å². The van der Waals surface area contributed by atoms with Gasteiger partial charge in [-0.1, -0.05) is 42.5 Å². The van der Waals surface area contributed by atoms with E-state index >= 15 is 0 Å². The summed E-state index contributed by atoms with van der Waals surface area (Å²) < 4.78 is 74.0. The van der Waals surface area contributed by atoms with Gasteiger partial charge in [0.15, 0.2) is 0 Å². The van der Waals surface area contributed by atoms with E-state index < -0.39 is 33.8 Å². The molecule has 0 amide bonds. The number of carbonyl (C=O) groups is 1. The lowest BCUT2D eigenvalue weighted by atomic mass is 10.1. The number of alkyl halides is 3. The van der Waals surface area contributed by atoms with Crippen LogP contribution in [-0.4, -0.2) is 25.5 Å². The summed E-state index contributed by atoms with van der Waals surface area (Å²) >= 11 is 0. The number of nitrogens with zero attached hydrogens (tertiary/aromatic N) is 1. The molecule has 10 heteroatoms. The quantitative estimate of drug-likeness (QED) is 0.413. The minimum atomic E-state index is -4.67. The van der Waals surface area contributed by atoms with Gasteiger partial charge in [0, 0.05) is 6.04 Å². The Kier molecular flexibility index (Phi) is 7.74. The number of benzene rings is 3. The number of anilines is 1. The molecule has 186 valence electrons. The summed E-state index contributed by atoms with van der Waals surface area (Å²) in [6.45, 7) is 3.02. The molecule has 0 unspecified atom stereocenters. The highest BCUT2D eigenvalue weighted by molar-refractivity contribution is 7.92. The Bertz CT molecular complexity index is 1290. The van der Waals surface area contributed by atoms with Gasteiger partial charge in [-0.25, -0.2) is 8.42 Å². The standard InChI is InChI=1S/C25H24F3NO5S/c1-17(2)29(35(32,33)21-9-4-3-5-10-21)22-12-11-20(25(26,27)28)15-23(22)34-16-19-8-6-7-18(13-19)14-24(30)31/h3-13,15,17H,14,16H2,1-2H3,(H,30,31). The average molecular weight is 508 g/mol. The van der Waals surface area contributed by atoms with Crippen LogP contribution in [0.5, 0.6) is 5.75 Å². The van der Waals surface area contributed by atoms with Gasteiger partial charge in [0.05, 0.1) is 22.6 Å². The van der Waals surface area contributed by atoms with Crippen LogP contribution in [0.3, 0.4) is 0 Å². The maximum Gasteiger partial charge on any atom is 0.416 e. The highest BCUT2D eigenvalue weighted by atomic mass is 32.2. The molecule has 0 radical (unpaired) electrons. The van der Waals surface area contributed by atoms with Gasteiger partial charge in [0.25, 0.3) is 10.0 Å². The van der Waals surface area contributed by atoms with Crippen LogP contribution in [0.25, 0.3) is 0 Å². The van der Waals surface area contributed by atoms with E-state index in [-0.39, 0.29) is 29.4 Å². The van der Waals surface area contributed by atoms with E-state index in [2.05, 4.69) is 0 Å². The summed E-state index contributed by atoms with van der Waals surface area (Å²) in [6.07, 6.45) is -4.89. The van der Waals surface area contributed by atoms with Crippen molar-refractivity contribution in [3.05, 3.63) is 89.5 Å². The van der Waals surface area contributed by atoms with E-state index in [9.17, 15) is 26.4 Å². The third-order valence-corrected chi connectivity index (χ3v) is 7.04. The van der Waals surface area contributed by atoms with Crippen LogP contribution in [-0.2, 0) is 34.0 Å². The summed E-state index contributed by atoms with van der Waals surface area (Å²) in [7, 11) is -4.12. The van der Waals surface area contributed by atoms with Crippen LogP contribution in [0, 0.1) is 0 Å². The van der Waals surface area contributed by atoms with E-state index in [1.54, 1.807) is 56.3 Å². The fraction of sp³-hybridized carbons (Fsp3) is 0.240. The minimum absolute atomic E-state index is 0.0130. The number of carboxylic acids is 1. The second kappa shape index (κ2) is 10.4. The Morgan fingerprint density at radius 2 is 1.63 bits per heavy atom. The van der Waals surface area contributed by atoms with E-state index in [1.165, 1.54) is 12.1 Å². The van der Waals surface area contributed by atoms with Crippen molar-refractivity contribution in [3.63, 3.8) is 0 Å². The summed E-state index contributed by atoms with van der Waals surface area (Å²) in [5.41, 5.74) is -0.0114. The monoisotopic (exact) mass is 507 g/mol. The number of carboxylic acid groups (broad SMARTS) is 1. The summed E-state index contributed by atoms with van der Waals surface area (Å²) in [6, 6.07) is 16.0. The molecule has 0 aliphatic carbocycles. The molecule has 0 aromatic heterocycles. The lowest BCUT2D eigenvalue weighted by Gasteiger charge is -2.30. The third-order valence-electron chi connectivity index (χ3n) is 5.03. The molecule has 3 aromatic rings. The van der Waals surface area contributed by atoms with Crippen molar-refractivity contribution in [1.29, 1.82) is 0 Å². The van der Waals surface area contributed by atoms with Crippen LogP contribution in [0.2, 0.25) is 0 Å². The van der Waals surface area contributed by atoms with E-state index in [0.29, 0.717) is 11.1 Å². The fourth-order valence-electron chi connectivity index (χ4n) is 3.54. The maximum atomic E-state index is 13.5. The molecule has 0 saturated heterocycles. The fourth-order valence-corrected chi connectivity index (χ4v) is 5.24. The van der Waals surface area contributed by atoms with E-state index in [4.69, 9.17) is 9.84 Å². The Morgan fingerprint density at radius 3 is 2.23 bits per heavy atom. The van der Waals surface area contributed by atoms with Gasteiger partial charge in [-0.2, -0.15) is 13.2 Å². The van der Waals surface area contributed by atoms with Crippen molar-refractivity contribution in [2.75, 3.05) is 4.31 Å². The Morgan fingerprint density at radius 1 is 0.971 bits per heavy atom. The largest absolute Gasteiger partial charge is 0.487 e. The number of hydrogen-bond donors (Lipinski definition) is 1. The topological polar surface area (TPSA) is 83.9 Å². The van der Waals surface area contributed by atoms with Crippen LogP contribution in [0.15, 0.2) is 77.7 Å². The van der Waals surface area contributed by atoms with Crippen LogP contribution in [0.4, 0.5) is 18.9 Å². The van der Waals surface area contributed by atoms with E-state index in [0.717, 1.165) is 22.5 Å². The molecular formula is C25H24F3NO5S. The molecule has 6 nitrogen and oxygen atoms in total. The first kappa shape index (κ1) is 26.1. The maximum absolute atomic E-state index is 13.5. The smallest absolute Gasteiger partial charge is 0.416 e. The number of hydrogen-bond acceptors (Lipinski definition) is 4. The summed E-state index contributed by atoms with van der Waals surface area (Å²) in [4.78, 5) is 11.0. The second-order valence-electron chi connectivity index (χ2n) is 8.07. The number of halogens is 3. The van der Waals surface area contributed by atoms with Crippen molar-refractivity contribution in [2.45, 2.75) is 44.0 Å². The Balaban J connectivity index is 2.05. The molecule has 0 saturated carbocycles. The molecule has 0 heterocycles. The highest BCUT2D eigenvalue weighted by Crippen LogP contribution is 2.39. The molecule has 0 bridgehead atoms. The van der Waals surface area contributed by atoms with Gasteiger partial charge in [-0.05, 0) is 55.3 Å². The zero-order valence-electron chi connectivity index (χ0n) is 19.0. The molecule has 3 rings (SSSR count). The van der Waals surface area contributed by atoms with Crippen molar-refractivity contribution < 1.29 is 36.2 Å². The molecule has 0 spiro atoms. The average Bonchev–Trinajstić information content (AvgIpc) is 2.77. The lowest BCUT2D eigenvalue weighted by molar-refractivity contribution is -0.138. The molecule has 1 N–H and O–H groups in total. The van der Waals surface area contributed by atoms with Crippen LogP contribution >= 0.6 is 0 Å². The Labute approximate surface area is 201 Å². The lowest BCUT2D eigenvalue weighted by Crippen LogP contribution is -2.37. The number of rotatable bonds is 9. The molecule has 0 aliphatic rings. The first-order valence-corrected chi connectivity index (χ1v) is 12.1. The normalized spacial score (nSPS) is 11.9. The third kappa shape index (κ3) is 6.33. The van der Waals surface area contributed by atoms with Gasteiger partial charge < -0.3 is 9.84 Å². The number of ether oxygens (including phenoxy) is 1. The van der Waals surface area contributed by atoms with Crippen molar-refractivity contribution >= 4 is 21.7 Å². The van der Waals surface area contributed by atoms with Crippen molar-refractivity contribution in [3.8, 4) is 5.75 Å². The van der Waals surface area contributed by atoms with Gasteiger partial charge in [-0.3, -0.25) is 9.10 Å². The van der Waals surface area contributed by atoms with Crippen molar-refractivity contribution in [1.82, 2.24) is 0 Å². The van der Waals surface area contributed by atoms with Crippen LogP contribution in [0.1, 0.15) is 30.5 Å².